The number of allylic oxidation sites excluding steroid dienone is 1. The molecule has 0 unspecified atom stereocenters. The summed E-state index contributed by atoms with van der Waals surface area (Å²) in [5.41, 5.74) is 12.2. The van der Waals surface area contributed by atoms with Gasteiger partial charge in [0.1, 0.15) is 18.2 Å². The molecule has 0 aromatic heterocycles. The summed E-state index contributed by atoms with van der Waals surface area (Å²) in [5.74, 6) is 0.525. The third-order valence-electron chi connectivity index (χ3n) is 2.53. The lowest BCUT2D eigenvalue weighted by atomic mass is 10.1. The minimum Gasteiger partial charge on any atom is -0.487 e. The van der Waals surface area contributed by atoms with E-state index in [9.17, 15) is 0 Å². The van der Waals surface area contributed by atoms with Gasteiger partial charge in [-0.2, -0.15) is 0 Å². The monoisotopic (exact) mass is 307 g/mol. The lowest BCUT2D eigenvalue weighted by molar-refractivity contribution is 0.230. The second-order valence-electron chi connectivity index (χ2n) is 4.12. The number of hydrogen-bond donors (Lipinski definition) is 3. The van der Waals surface area contributed by atoms with Crippen LogP contribution in [-0.4, -0.2) is 31.5 Å². The molecule has 112 valence electrons. The van der Waals surface area contributed by atoms with Gasteiger partial charge in [0, 0.05) is 18.0 Å². The fraction of sp³-hybridized carbons (Fsp3) is 0.214. The zero-order valence-corrected chi connectivity index (χ0v) is 12.4. The maximum absolute atomic E-state index is 6.91. The van der Waals surface area contributed by atoms with Crippen molar-refractivity contribution in [1.29, 1.82) is 5.41 Å². The third kappa shape index (κ3) is 5.27. The van der Waals surface area contributed by atoms with E-state index in [1.165, 1.54) is 18.8 Å². The summed E-state index contributed by atoms with van der Waals surface area (Å²) in [6.45, 7) is 2.30. The largest absolute Gasteiger partial charge is 0.487 e. The molecule has 21 heavy (non-hydrogen) atoms. The zero-order chi connectivity index (χ0) is 15.7. The second-order valence-corrected chi connectivity index (χ2v) is 4.52. The van der Waals surface area contributed by atoms with Gasteiger partial charge in [-0.3, -0.25) is 10.4 Å². The Kier molecular flexibility index (Phi) is 6.97. The number of benzene rings is 1. The van der Waals surface area contributed by atoms with Crippen LogP contribution in [0.5, 0.6) is 5.75 Å². The molecule has 0 saturated heterocycles. The van der Waals surface area contributed by atoms with Gasteiger partial charge >= 0.3 is 0 Å². The van der Waals surface area contributed by atoms with Crippen LogP contribution in [0, 0.1) is 5.41 Å². The lowest BCUT2D eigenvalue weighted by Gasteiger charge is -2.15. The van der Waals surface area contributed by atoms with Crippen LogP contribution >= 0.6 is 11.6 Å². The van der Waals surface area contributed by atoms with E-state index in [0.717, 1.165) is 11.9 Å². The van der Waals surface area contributed by atoms with Crippen molar-refractivity contribution < 1.29 is 4.74 Å². The van der Waals surface area contributed by atoms with Gasteiger partial charge in [0.05, 0.1) is 17.9 Å². The molecule has 1 atom stereocenters. The number of nitrogens with one attached hydrogen (secondary N) is 1. The van der Waals surface area contributed by atoms with Gasteiger partial charge in [0.25, 0.3) is 0 Å². The highest BCUT2D eigenvalue weighted by molar-refractivity contribution is 6.32. The summed E-state index contributed by atoms with van der Waals surface area (Å²) < 4.78 is 5.73. The van der Waals surface area contributed by atoms with Crippen molar-refractivity contribution in [2.24, 2.45) is 21.5 Å². The first-order chi connectivity index (χ1) is 10.1. The molecule has 0 aliphatic heterocycles. The number of hydrogen-bond acceptors (Lipinski definition) is 4. The van der Waals surface area contributed by atoms with Crippen LogP contribution in [0.1, 0.15) is 12.5 Å². The summed E-state index contributed by atoms with van der Waals surface area (Å²) >= 11 is 6.12. The van der Waals surface area contributed by atoms with Gasteiger partial charge in [-0.05, 0) is 24.6 Å². The molecule has 0 aliphatic carbocycles. The maximum Gasteiger partial charge on any atom is 0.139 e. The number of rotatable bonds is 7. The highest BCUT2D eigenvalue weighted by atomic mass is 35.5. The molecule has 0 aliphatic rings. The minimum atomic E-state index is -0.168. The number of nitrogens with two attached hydrogens (primary N) is 2. The Morgan fingerprint density at radius 3 is 2.86 bits per heavy atom. The van der Waals surface area contributed by atoms with E-state index in [2.05, 4.69) is 9.98 Å². The maximum atomic E-state index is 6.91. The Morgan fingerprint density at radius 1 is 1.48 bits per heavy atom. The summed E-state index contributed by atoms with van der Waals surface area (Å²) in [6, 6.07) is 5.28. The molecule has 0 heterocycles. The predicted octanol–water partition coefficient (Wildman–Crippen LogP) is 2.07. The summed E-state index contributed by atoms with van der Waals surface area (Å²) in [4.78, 5) is 7.65. The SMILES string of the molecule is C[C@@H](CN=CN)Oc1cc(/C(C=NC=N)=C/N)ccc1Cl. The molecule has 7 heteroatoms. The van der Waals surface area contributed by atoms with Crippen molar-refractivity contribution >= 4 is 36.1 Å². The molecule has 0 saturated carbocycles. The fourth-order valence-electron chi connectivity index (χ4n) is 1.57. The average molecular weight is 308 g/mol. The van der Waals surface area contributed by atoms with Crippen molar-refractivity contribution in [3.8, 4) is 5.75 Å². The Hall–Kier alpha value is -2.34. The number of halogens is 1. The van der Waals surface area contributed by atoms with Crippen LogP contribution < -0.4 is 16.2 Å². The van der Waals surface area contributed by atoms with Crippen LogP contribution in [0.3, 0.4) is 0 Å². The first kappa shape index (κ1) is 16.7. The predicted molar refractivity (Wildman–Crippen MR) is 88.5 cm³/mol. The lowest BCUT2D eigenvalue weighted by Crippen LogP contribution is -2.16. The molecular weight excluding hydrogens is 290 g/mol. The standard InChI is InChI=1S/C14H18ClN5O/c1-10(6-19-8-17)21-14-4-11(2-3-13(14)15)12(5-16)7-20-9-18/h2-5,7-10,18H,6,16H2,1H3,(H2,17,19)/b12-5+,18-9?,20-7?/t10-/m0/s1. The Balaban J connectivity index is 2.98. The van der Waals surface area contributed by atoms with Gasteiger partial charge in [-0.25, -0.2) is 4.99 Å². The molecular formula is C14H18ClN5O. The third-order valence-corrected chi connectivity index (χ3v) is 2.84. The Labute approximate surface area is 128 Å². The van der Waals surface area contributed by atoms with Crippen molar-refractivity contribution in [3.05, 3.63) is 35.0 Å². The van der Waals surface area contributed by atoms with Crippen molar-refractivity contribution in [2.45, 2.75) is 13.0 Å². The molecule has 0 amide bonds. The second kappa shape index (κ2) is 8.76. The van der Waals surface area contributed by atoms with Gasteiger partial charge in [0.15, 0.2) is 0 Å². The van der Waals surface area contributed by atoms with Gasteiger partial charge in [-0.15, -0.1) is 0 Å². The van der Waals surface area contributed by atoms with E-state index in [4.69, 9.17) is 33.2 Å². The van der Waals surface area contributed by atoms with E-state index in [1.807, 2.05) is 6.92 Å². The van der Waals surface area contributed by atoms with E-state index in [1.54, 1.807) is 18.2 Å². The Bertz CT molecular complexity index is 568. The van der Waals surface area contributed by atoms with Crippen molar-refractivity contribution in [1.82, 2.24) is 0 Å². The molecule has 6 nitrogen and oxygen atoms in total. The van der Waals surface area contributed by atoms with Crippen molar-refractivity contribution in [2.75, 3.05) is 6.54 Å². The summed E-state index contributed by atoms with van der Waals surface area (Å²) in [5, 5.41) is 7.40. The highest BCUT2D eigenvalue weighted by Crippen LogP contribution is 2.28. The summed E-state index contributed by atoms with van der Waals surface area (Å²) in [6.07, 6.45) is 4.90. The highest BCUT2D eigenvalue weighted by Gasteiger charge is 2.09. The normalized spacial score (nSPS) is 13.7. The van der Waals surface area contributed by atoms with Crippen LogP contribution in [0.15, 0.2) is 34.4 Å². The first-order valence-electron chi connectivity index (χ1n) is 6.23. The van der Waals surface area contributed by atoms with Crippen LogP contribution in [0.2, 0.25) is 5.02 Å². The zero-order valence-electron chi connectivity index (χ0n) is 11.7. The summed E-state index contributed by atoms with van der Waals surface area (Å²) in [7, 11) is 0. The number of aliphatic imine (C=N–C) groups is 2. The molecule has 1 rings (SSSR count). The van der Waals surface area contributed by atoms with Crippen LogP contribution in [-0.2, 0) is 0 Å². The fourth-order valence-corrected chi connectivity index (χ4v) is 1.73. The average Bonchev–Trinajstić information content (AvgIpc) is 2.49. The van der Waals surface area contributed by atoms with E-state index in [0.29, 0.717) is 22.9 Å². The van der Waals surface area contributed by atoms with Gasteiger partial charge in [-0.1, -0.05) is 17.7 Å². The molecule has 1 aromatic carbocycles. The molecule has 5 N–H and O–H groups in total. The number of ether oxygens (including phenoxy) is 1. The molecule has 0 fully saturated rings. The van der Waals surface area contributed by atoms with Crippen LogP contribution in [0.4, 0.5) is 0 Å². The van der Waals surface area contributed by atoms with Crippen molar-refractivity contribution in [3.63, 3.8) is 0 Å². The number of nitrogens with zero attached hydrogens (tertiary/aromatic N) is 2. The van der Waals surface area contributed by atoms with E-state index < -0.39 is 0 Å². The Morgan fingerprint density at radius 2 is 2.24 bits per heavy atom. The van der Waals surface area contributed by atoms with Crippen LogP contribution in [0.25, 0.3) is 5.57 Å². The first-order valence-corrected chi connectivity index (χ1v) is 6.60. The van der Waals surface area contributed by atoms with E-state index in [-0.39, 0.29) is 6.10 Å². The van der Waals surface area contributed by atoms with Gasteiger partial charge < -0.3 is 16.2 Å². The smallest absolute Gasteiger partial charge is 0.139 e. The minimum absolute atomic E-state index is 0.168. The topological polar surface area (TPSA) is 110 Å². The van der Waals surface area contributed by atoms with Gasteiger partial charge in [0.2, 0.25) is 0 Å². The molecule has 1 aromatic rings. The molecule has 0 radical (unpaired) electrons. The molecule has 0 bridgehead atoms. The quantitative estimate of drug-likeness (QED) is 0.529. The molecule has 0 spiro atoms. The van der Waals surface area contributed by atoms with E-state index >= 15 is 0 Å².